The van der Waals surface area contributed by atoms with Crippen molar-refractivity contribution in [2.45, 2.75) is 6.54 Å². The van der Waals surface area contributed by atoms with Crippen LogP contribution in [-0.2, 0) is 11.3 Å². The van der Waals surface area contributed by atoms with Crippen LogP contribution in [0.2, 0.25) is 0 Å². The van der Waals surface area contributed by atoms with Gasteiger partial charge in [0.05, 0.1) is 20.8 Å². The molecule has 1 aromatic carbocycles. The van der Waals surface area contributed by atoms with Gasteiger partial charge >= 0.3 is 0 Å². The highest BCUT2D eigenvalue weighted by atomic mass is 19.2. The molecule has 0 saturated heterocycles. The van der Waals surface area contributed by atoms with Gasteiger partial charge in [0, 0.05) is 5.56 Å². The molecule has 0 amide bonds. The lowest BCUT2D eigenvalue weighted by molar-refractivity contribution is 0.325. The van der Waals surface area contributed by atoms with Crippen molar-refractivity contribution < 1.29 is 23.0 Å². The van der Waals surface area contributed by atoms with Gasteiger partial charge in [0.25, 0.3) is 0 Å². The van der Waals surface area contributed by atoms with Gasteiger partial charge in [-0.05, 0) is 6.07 Å². The zero-order chi connectivity index (χ0) is 12.1. The number of isocyanates is 1. The van der Waals surface area contributed by atoms with Crippen LogP contribution in [0.4, 0.5) is 8.78 Å². The molecular formula is C10H9F2NO3. The van der Waals surface area contributed by atoms with Gasteiger partial charge in [-0.15, -0.1) is 0 Å². The first-order valence-corrected chi connectivity index (χ1v) is 4.28. The smallest absolute Gasteiger partial charge is 0.235 e. The second kappa shape index (κ2) is 5.23. The normalized spacial score (nSPS) is 9.50. The number of hydrogen-bond acceptors (Lipinski definition) is 4. The Hall–Kier alpha value is -1.94. The van der Waals surface area contributed by atoms with Crippen molar-refractivity contribution >= 4 is 6.08 Å². The zero-order valence-corrected chi connectivity index (χ0v) is 8.71. The number of benzene rings is 1. The van der Waals surface area contributed by atoms with Gasteiger partial charge in [-0.25, -0.2) is 14.2 Å². The molecule has 0 heterocycles. The predicted molar refractivity (Wildman–Crippen MR) is 51.3 cm³/mol. The van der Waals surface area contributed by atoms with Crippen LogP contribution in [0.5, 0.6) is 11.5 Å². The molecule has 0 aliphatic carbocycles. The maximum Gasteiger partial charge on any atom is 0.235 e. The lowest BCUT2D eigenvalue weighted by Gasteiger charge is -2.12. The molecule has 86 valence electrons. The number of methoxy groups -OCH3 is 2. The van der Waals surface area contributed by atoms with Gasteiger partial charge in [0.15, 0.2) is 17.3 Å². The van der Waals surface area contributed by atoms with E-state index in [0.29, 0.717) is 0 Å². The quantitative estimate of drug-likeness (QED) is 0.584. The Morgan fingerprint density at radius 1 is 1.31 bits per heavy atom. The number of nitrogens with zero attached hydrogens (tertiary/aromatic N) is 1. The van der Waals surface area contributed by atoms with Gasteiger partial charge in [0.2, 0.25) is 11.9 Å². The largest absolute Gasteiger partial charge is 0.492 e. The maximum atomic E-state index is 13.3. The fourth-order valence-corrected chi connectivity index (χ4v) is 1.28. The van der Waals surface area contributed by atoms with E-state index in [1.165, 1.54) is 20.3 Å². The first kappa shape index (κ1) is 12.1. The Balaban J connectivity index is 3.36. The average Bonchev–Trinajstić information content (AvgIpc) is 2.29. The third kappa shape index (κ3) is 2.17. The maximum absolute atomic E-state index is 13.3. The topological polar surface area (TPSA) is 47.9 Å². The second-order valence-corrected chi connectivity index (χ2v) is 2.81. The molecule has 0 aliphatic heterocycles. The average molecular weight is 229 g/mol. The van der Waals surface area contributed by atoms with Crippen LogP contribution >= 0.6 is 0 Å². The number of halogens is 2. The highest BCUT2D eigenvalue weighted by Crippen LogP contribution is 2.35. The monoisotopic (exact) mass is 229 g/mol. The molecule has 16 heavy (non-hydrogen) atoms. The van der Waals surface area contributed by atoms with E-state index in [9.17, 15) is 13.6 Å². The van der Waals surface area contributed by atoms with Crippen LogP contribution in [-0.4, -0.2) is 20.3 Å². The van der Waals surface area contributed by atoms with Crippen LogP contribution in [0.3, 0.4) is 0 Å². The fourth-order valence-electron chi connectivity index (χ4n) is 1.28. The summed E-state index contributed by atoms with van der Waals surface area (Å²) < 4.78 is 36.0. The van der Waals surface area contributed by atoms with Crippen molar-refractivity contribution in [1.29, 1.82) is 0 Å². The van der Waals surface area contributed by atoms with E-state index >= 15 is 0 Å². The summed E-state index contributed by atoms with van der Waals surface area (Å²) in [6, 6.07) is 0.900. The number of hydrogen-bond donors (Lipinski definition) is 0. The standard InChI is InChI=1S/C10H9F2NO3/c1-15-9-6(4-13-5-14)3-7(11)8(12)10(9)16-2/h3H,4H2,1-2H3. The molecule has 0 fully saturated rings. The van der Waals surface area contributed by atoms with Crippen molar-refractivity contribution in [3.8, 4) is 11.5 Å². The summed E-state index contributed by atoms with van der Waals surface area (Å²) in [5.74, 6) is -2.56. The van der Waals surface area contributed by atoms with Crippen molar-refractivity contribution in [1.82, 2.24) is 0 Å². The van der Waals surface area contributed by atoms with E-state index in [-0.39, 0.29) is 23.6 Å². The minimum atomic E-state index is -1.14. The van der Waals surface area contributed by atoms with E-state index < -0.39 is 11.6 Å². The van der Waals surface area contributed by atoms with Crippen LogP contribution in [0.1, 0.15) is 5.56 Å². The van der Waals surface area contributed by atoms with Crippen LogP contribution in [0.25, 0.3) is 0 Å². The van der Waals surface area contributed by atoms with Gasteiger partial charge in [-0.1, -0.05) is 0 Å². The van der Waals surface area contributed by atoms with Crippen molar-refractivity contribution in [3.05, 3.63) is 23.3 Å². The van der Waals surface area contributed by atoms with E-state index in [1.54, 1.807) is 0 Å². The molecule has 0 N–H and O–H groups in total. The SMILES string of the molecule is COc1c(CN=C=O)cc(F)c(F)c1OC. The van der Waals surface area contributed by atoms with Gasteiger partial charge in [-0.2, -0.15) is 4.39 Å². The molecule has 0 bridgehead atoms. The minimum Gasteiger partial charge on any atom is -0.492 e. The highest BCUT2D eigenvalue weighted by Gasteiger charge is 2.19. The Bertz CT molecular complexity index is 442. The molecule has 0 radical (unpaired) electrons. The second-order valence-electron chi connectivity index (χ2n) is 2.81. The van der Waals surface area contributed by atoms with Gasteiger partial charge in [-0.3, -0.25) is 0 Å². The Morgan fingerprint density at radius 3 is 2.44 bits per heavy atom. The summed E-state index contributed by atoms with van der Waals surface area (Å²) in [6.07, 6.45) is 1.30. The molecule has 4 nitrogen and oxygen atoms in total. The predicted octanol–water partition coefficient (Wildman–Crippen LogP) is 1.82. The number of ether oxygens (including phenoxy) is 2. The summed E-state index contributed by atoms with van der Waals surface area (Å²) in [6.45, 7) is -0.153. The third-order valence-corrected chi connectivity index (χ3v) is 1.93. The van der Waals surface area contributed by atoms with E-state index in [1.807, 2.05) is 0 Å². The summed E-state index contributed by atoms with van der Waals surface area (Å²) in [5, 5.41) is 0. The molecule has 0 unspecified atom stereocenters. The number of rotatable bonds is 4. The molecule has 0 saturated carbocycles. The lowest BCUT2D eigenvalue weighted by Crippen LogP contribution is -2.01. The summed E-state index contributed by atoms with van der Waals surface area (Å²) in [7, 11) is 2.47. The van der Waals surface area contributed by atoms with Crippen LogP contribution in [0, 0.1) is 11.6 Å². The Kier molecular flexibility index (Phi) is 3.96. The third-order valence-electron chi connectivity index (χ3n) is 1.93. The molecule has 6 heteroatoms. The van der Waals surface area contributed by atoms with Crippen molar-refractivity contribution in [2.75, 3.05) is 14.2 Å². The van der Waals surface area contributed by atoms with Crippen LogP contribution in [0.15, 0.2) is 11.1 Å². The molecule has 0 spiro atoms. The summed E-state index contributed by atoms with van der Waals surface area (Å²) in [4.78, 5) is 13.2. The number of carbonyl (C=O) groups excluding carboxylic acids is 1. The van der Waals surface area contributed by atoms with E-state index in [2.05, 4.69) is 9.73 Å². The lowest BCUT2D eigenvalue weighted by atomic mass is 10.1. The fraction of sp³-hybridized carbons (Fsp3) is 0.300. The van der Waals surface area contributed by atoms with Gasteiger partial charge in [0.1, 0.15) is 0 Å². The molecular weight excluding hydrogens is 220 g/mol. The minimum absolute atomic E-state index is 0.0143. The zero-order valence-electron chi connectivity index (χ0n) is 8.71. The van der Waals surface area contributed by atoms with E-state index in [0.717, 1.165) is 6.07 Å². The van der Waals surface area contributed by atoms with E-state index in [4.69, 9.17) is 4.74 Å². The van der Waals surface area contributed by atoms with Crippen molar-refractivity contribution in [3.63, 3.8) is 0 Å². The molecule has 1 rings (SSSR count). The molecule has 0 aromatic heterocycles. The first-order valence-electron chi connectivity index (χ1n) is 4.28. The first-order chi connectivity index (χ1) is 7.65. The van der Waals surface area contributed by atoms with Crippen LogP contribution < -0.4 is 9.47 Å². The Morgan fingerprint density at radius 2 is 1.94 bits per heavy atom. The molecule has 0 aliphatic rings. The molecule has 1 aromatic rings. The summed E-state index contributed by atoms with van der Waals surface area (Å²) in [5.41, 5.74) is 0.210. The van der Waals surface area contributed by atoms with Crippen molar-refractivity contribution in [2.24, 2.45) is 4.99 Å². The highest BCUT2D eigenvalue weighted by molar-refractivity contribution is 5.49. The number of aliphatic imine (C=N–C) groups is 1. The Labute approximate surface area is 90.5 Å². The summed E-state index contributed by atoms with van der Waals surface area (Å²) >= 11 is 0. The van der Waals surface area contributed by atoms with Gasteiger partial charge < -0.3 is 9.47 Å². The molecule has 0 atom stereocenters.